The fourth-order valence-corrected chi connectivity index (χ4v) is 1.08. The average molecular weight is 182 g/mol. The van der Waals surface area contributed by atoms with E-state index < -0.39 is 0 Å². The molecule has 0 fully saturated rings. The Labute approximate surface area is 77.1 Å². The Morgan fingerprint density at radius 1 is 1.77 bits per heavy atom. The summed E-state index contributed by atoms with van der Waals surface area (Å²) in [5.74, 6) is 0.480. The molecule has 72 valence electrons. The molecule has 1 aromatic heterocycles. The zero-order valence-electron chi connectivity index (χ0n) is 7.62. The lowest BCUT2D eigenvalue weighted by atomic mass is 10.2. The van der Waals surface area contributed by atoms with E-state index in [1.54, 1.807) is 6.26 Å². The molecule has 1 atom stereocenters. The van der Waals surface area contributed by atoms with Gasteiger partial charge in [-0.05, 0) is 18.6 Å². The summed E-state index contributed by atoms with van der Waals surface area (Å²) in [5.41, 5.74) is 5.15. The van der Waals surface area contributed by atoms with Crippen molar-refractivity contribution in [2.45, 2.75) is 25.9 Å². The van der Waals surface area contributed by atoms with E-state index in [2.05, 4.69) is 5.32 Å². The number of hydrogen-bond donors (Lipinski definition) is 2. The van der Waals surface area contributed by atoms with E-state index in [1.165, 1.54) is 0 Å². The highest BCUT2D eigenvalue weighted by Gasteiger charge is 2.11. The van der Waals surface area contributed by atoms with Gasteiger partial charge in [-0.2, -0.15) is 0 Å². The van der Waals surface area contributed by atoms with Crippen LogP contribution in [0.3, 0.4) is 0 Å². The quantitative estimate of drug-likeness (QED) is 0.701. The first kappa shape index (κ1) is 9.80. The molecule has 0 radical (unpaired) electrons. The zero-order chi connectivity index (χ0) is 9.68. The number of hydrogen-bond acceptors (Lipinski definition) is 3. The van der Waals surface area contributed by atoms with E-state index in [0.29, 0.717) is 13.0 Å². The molecule has 0 bridgehead atoms. The van der Waals surface area contributed by atoms with Gasteiger partial charge in [0.25, 0.3) is 0 Å². The van der Waals surface area contributed by atoms with Gasteiger partial charge in [0.2, 0.25) is 5.91 Å². The molecule has 0 saturated heterocycles. The fourth-order valence-electron chi connectivity index (χ4n) is 1.08. The molecule has 0 aliphatic rings. The first-order valence-corrected chi connectivity index (χ1v) is 4.29. The van der Waals surface area contributed by atoms with Gasteiger partial charge in [-0.25, -0.2) is 0 Å². The third-order valence-electron chi connectivity index (χ3n) is 1.85. The van der Waals surface area contributed by atoms with Crippen LogP contribution in [0, 0.1) is 0 Å². The van der Waals surface area contributed by atoms with Crippen LogP contribution in [0.5, 0.6) is 0 Å². The predicted octanol–water partition coefficient (Wildman–Crippen LogP) is 0.633. The van der Waals surface area contributed by atoms with Crippen LogP contribution in [0.25, 0.3) is 0 Å². The smallest absolute Gasteiger partial charge is 0.234 e. The molecule has 1 rings (SSSR count). The number of nitrogens with two attached hydrogens (primary N) is 1. The number of rotatable bonds is 5. The van der Waals surface area contributed by atoms with Crippen molar-refractivity contribution in [3.63, 3.8) is 0 Å². The van der Waals surface area contributed by atoms with Crippen LogP contribution in [0.4, 0.5) is 0 Å². The van der Waals surface area contributed by atoms with Crippen molar-refractivity contribution in [2.75, 3.05) is 0 Å². The van der Waals surface area contributed by atoms with Crippen LogP contribution in [0.1, 0.15) is 19.1 Å². The van der Waals surface area contributed by atoms with Gasteiger partial charge in [0, 0.05) is 0 Å². The van der Waals surface area contributed by atoms with Gasteiger partial charge in [0.1, 0.15) is 5.76 Å². The van der Waals surface area contributed by atoms with E-state index in [9.17, 15) is 4.79 Å². The van der Waals surface area contributed by atoms with Crippen molar-refractivity contribution >= 4 is 5.91 Å². The molecule has 0 aliphatic carbocycles. The summed E-state index contributed by atoms with van der Waals surface area (Å²) in [4.78, 5) is 10.8. The van der Waals surface area contributed by atoms with Crippen molar-refractivity contribution < 1.29 is 9.21 Å². The third-order valence-corrected chi connectivity index (χ3v) is 1.85. The van der Waals surface area contributed by atoms with E-state index >= 15 is 0 Å². The molecule has 0 aliphatic heterocycles. The lowest BCUT2D eigenvalue weighted by Gasteiger charge is -2.11. The molecular formula is C9H14N2O2. The van der Waals surface area contributed by atoms with Gasteiger partial charge in [-0.1, -0.05) is 6.92 Å². The standard InChI is InChI=1S/C9H14N2O2/c1-2-8(9(10)12)11-6-7-4-3-5-13-7/h3-5,8,11H,2,6H2,1H3,(H2,10,12). The molecule has 4 nitrogen and oxygen atoms in total. The minimum Gasteiger partial charge on any atom is -0.468 e. The molecular weight excluding hydrogens is 168 g/mol. The van der Waals surface area contributed by atoms with E-state index in [-0.39, 0.29) is 11.9 Å². The van der Waals surface area contributed by atoms with Crippen LogP contribution in [0.15, 0.2) is 22.8 Å². The van der Waals surface area contributed by atoms with Crippen molar-refractivity contribution in [2.24, 2.45) is 5.73 Å². The van der Waals surface area contributed by atoms with E-state index in [4.69, 9.17) is 10.2 Å². The Balaban J connectivity index is 2.36. The van der Waals surface area contributed by atoms with Gasteiger partial charge in [0.05, 0.1) is 18.8 Å². The Kier molecular flexibility index (Phi) is 3.52. The number of carbonyl (C=O) groups is 1. The SMILES string of the molecule is CCC(NCc1ccco1)C(N)=O. The summed E-state index contributed by atoms with van der Waals surface area (Å²) in [5, 5.41) is 3.00. The van der Waals surface area contributed by atoms with Crippen LogP contribution in [-0.4, -0.2) is 11.9 Å². The highest BCUT2D eigenvalue weighted by atomic mass is 16.3. The molecule has 1 unspecified atom stereocenters. The monoisotopic (exact) mass is 182 g/mol. The Morgan fingerprint density at radius 3 is 3.00 bits per heavy atom. The summed E-state index contributed by atoms with van der Waals surface area (Å²) >= 11 is 0. The second kappa shape index (κ2) is 4.67. The molecule has 4 heteroatoms. The fraction of sp³-hybridized carbons (Fsp3) is 0.444. The second-order valence-corrected chi connectivity index (χ2v) is 2.82. The van der Waals surface area contributed by atoms with E-state index in [1.807, 2.05) is 19.1 Å². The van der Waals surface area contributed by atoms with Gasteiger partial charge in [0.15, 0.2) is 0 Å². The molecule has 1 heterocycles. The normalized spacial score (nSPS) is 12.7. The summed E-state index contributed by atoms with van der Waals surface area (Å²) in [6.45, 7) is 2.44. The summed E-state index contributed by atoms with van der Waals surface area (Å²) in [6, 6.07) is 3.38. The van der Waals surface area contributed by atoms with Crippen molar-refractivity contribution in [1.82, 2.24) is 5.32 Å². The molecule has 1 aromatic rings. The number of primary amides is 1. The first-order chi connectivity index (χ1) is 6.24. The van der Waals surface area contributed by atoms with Crippen molar-refractivity contribution in [3.8, 4) is 0 Å². The number of carbonyl (C=O) groups excluding carboxylic acids is 1. The van der Waals surface area contributed by atoms with Gasteiger partial charge < -0.3 is 10.2 Å². The molecule has 13 heavy (non-hydrogen) atoms. The van der Waals surface area contributed by atoms with Crippen molar-refractivity contribution in [1.29, 1.82) is 0 Å². The molecule has 0 saturated carbocycles. The highest BCUT2D eigenvalue weighted by Crippen LogP contribution is 2.00. The Morgan fingerprint density at radius 2 is 2.54 bits per heavy atom. The van der Waals surface area contributed by atoms with E-state index in [0.717, 1.165) is 5.76 Å². The maximum atomic E-state index is 10.8. The van der Waals surface area contributed by atoms with Gasteiger partial charge >= 0.3 is 0 Å². The molecule has 1 amide bonds. The zero-order valence-corrected chi connectivity index (χ0v) is 7.62. The maximum absolute atomic E-state index is 10.8. The maximum Gasteiger partial charge on any atom is 0.234 e. The first-order valence-electron chi connectivity index (χ1n) is 4.29. The molecule has 0 aromatic carbocycles. The second-order valence-electron chi connectivity index (χ2n) is 2.82. The Hall–Kier alpha value is -1.29. The lowest BCUT2D eigenvalue weighted by molar-refractivity contribution is -0.120. The minimum atomic E-state index is -0.325. The lowest BCUT2D eigenvalue weighted by Crippen LogP contribution is -2.40. The van der Waals surface area contributed by atoms with Crippen molar-refractivity contribution in [3.05, 3.63) is 24.2 Å². The number of nitrogens with one attached hydrogen (secondary N) is 1. The van der Waals surface area contributed by atoms with Crippen LogP contribution in [-0.2, 0) is 11.3 Å². The highest BCUT2D eigenvalue weighted by molar-refractivity contribution is 5.79. The number of amides is 1. The van der Waals surface area contributed by atoms with Gasteiger partial charge in [-0.3, -0.25) is 10.1 Å². The minimum absolute atomic E-state index is 0.273. The van der Waals surface area contributed by atoms with Crippen LogP contribution < -0.4 is 11.1 Å². The topological polar surface area (TPSA) is 68.3 Å². The van der Waals surface area contributed by atoms with Crippen LogP contribution in [0.2, 0.25) is 0 Å². The summed E-state index contributed by atoms with van der Waals surface area (Å²) < 4.78 is 5.09. The average Bonchev–Trinajstić information content (AvgIpc) is 2.57. The molecule has 0 spiro atoms. The van der Waals surface area contributed by atoms with Crippen LogP contribution >= 0.6 is 0 Å². The predicted molar refractivity (Wildman–Crippen MR) is 48.8 cm³/mol. The largest absolute Gasteiger partial charge is 0.468 e. The summed E-state index contributed by atoms with van der Waals surface area (Å²) in [7, 11) is 0. The Bertz CT molecular complexity index is 257. The number of furan rings is 1. The third kappa shape index (κ3) is 2.91. The van der Waals surface area contributed by atoms with Gasteiger partial charge in [-0.15, -0.1) is 0 Å². The summed E-state index contributed by atoms with van der Waals surface area (Å²) in [6.07, 6.45) is 2.29. The molecule has 3 N–H and O–H groups in total.